The lowest BCUT2D eigenvalue weighted by atomic mass is 10.2. The molecule has 56 valence electrons. The highest BCUT2D eigenvalue weighted by molar-refractivity contribution is 7.80. The van der Waals surface area contributed by atoms with Crippen LogP contribution < -0.4 is 0 Å². The molecule has 0 spiro atoms. The van der Waals surface area contributed by atoms with Crippen molar-refractivity contribution in [1.82, 2.24) is 0 Å². The summed E-state index contributed by atoms with van der Waals surface area (Å²) in [4.78, 5) is 4.04. The van der Waals surface area contributed by atoms with Crippen molar-refractivity contribution in [2.75, 3.05) is 7.05 Å². The van der Waals surface area contributed by atoms with Crippen LogP contribution in [0.3, 0.4) is 0 Å². The summed E-state index contributed by atoms with van der Waals surface area (Å²) in [6, 6.07) is 0. The first-order chi connectivity index (χ1) is 4.74. The lowest BCUT2D eigenvalue weighted by Gasteiger charge is -2.07. The minimum absolute atomic E-state index is 0.164. The van der Waals surface area contributed by atoms with E-state index in [0.717, 1.165) is 23.6 Å². The van der Waals surface area contributed by atoms with Crippen molar-refractivity contribution in [3.05, 3.63) is 0 Å². The van der Waals surface area contributed by atoms with Gasteiger partial charge in [-0.25, -0.2) is 0 Å². The highest BCUT2D eigenvalue weighted by atomic mass is 32.1. The van der Waals surface area contributed by atoms with Crippen LogP contribution in [0.1, 0.15) is 19.8 Å². The van der Waals surface area contributed by atoms with Gasteiger partial charge in [-0.1, -0.05) is 0 Å². The molecule has 10 heavy (non-hydrogen) atoms. The van der Waals surface area contributed by atoms with E-state index in [1.807, 2.05) is 6.92 Å². The van der Waals surface area contributed by atoms with Gasteiger partial charge in [0.2, 0.25) is 0 Å². The van der Waals surface area contributed by atoms with Crippen LogP contribution in [0.15, 0.2) is 4.99 Å². The fourth-order valence-electron chi connectivity index (χ4n) is 0.964. The lowest BCUT2D eigenvalue weighted by Crippen LogP contribution is -2.16. The quantitative estimate of drug-likeness (QED) is 0.426. The van der Waals surface area contributed by atoms with Crippen LogP contribution in [-0.2, 0) is 4.74 Å². The number of hydrogen-bond donors (Lipinski definition) is 0. The van der Waals surface area contributed by atoms with Crippen LogP contribution in [0, 0.1) is 0 Å². The fraction of sp³-hybridized carbons (Fsp3) is 0.714. The molecule has 0 aromatic heterocycles. The van der Waals surface area contributed by atoms with Crippen LogP contribution in [0.5, 0.6) is 0 Å². The zero-order chi connectivity index (χ0) is 7.56. The molecule has 1 heterocycles. The summed E-state index contributed by atoms with van der Waals surface area (Å²) in [7, 11) is 1.78. The smallest absolute Gasteiger partial charge is 0.160 e. The van der Waals surface area contributed by atoms with Gasteiger partial charge in [0, 0.05) is 19.2 Å². The third kappa shape index (κ3) is 1.53. The highest BCUT2D eigenvalue weighted by Crippen LogP contribution is 2.16. The Kier molecular flexibility index (Phi) is 2.38. The topological polar surface area (TPSA) is 21.6 Å². The summed E-state index contributed by atoms with van der Waals surface area (Å²) >= 11 is 4.89. The van der Waals surface area contributed by atoms with Gasteiger partial charge in [0.15, 0.2) is 5.05 Å². The maximum absolute atomic E-state index is 5.31. The molecule has 0 bridgehead atoms. The molecule has 1 atom stereocenters. The van der Waals surface area contributed by atoms with Crippen molar-refractivity contribution in [1.29, 1.82) is 0 Å². The zero-order valence-electron chi connectivity index (χ0n) is 6.26. The summed E-state index contributed by atoms with van der Waals surface area (Å²) in [5.41, 5.74) is 1.04. The van der Waals surface area contributed by atoms with E-state index < -0.39 is 0 Å². The molecule has 1 aliphatic heterocycles. The van der Waals surface area contributed by atoms with E-state index >= 15 is 0 Å². The summed E-state index contributed by atoms with van der Waals surface area (Å²) in [5.74, 6) is 0. The van der Waals surface area contributed by atoms with Gasteiger partial charge in [-0.3, -0.25) is 4.99 Å². The molecular formula is C7H11NOS. The Balaban J connectivity index is 2.52. The van der Waals surface area contributed by atoms with E-state index in [2.05, 4.69) is 4.99 Å². The minimum Gasteiger partial charge on any atom is -0.478 e. The Morgan fingerprint density at radius 2 is 2.50 bits per heavy atom. The number of rotatable bonds is 1. The van der Waals surface area contributed by atoms with E-state index in [1.165, 1.54) is 0 Å². The molecule has 0 N–H and O–H groups in total. The van der Waals surface area contributed by atoms with Crippen LogP contribution in [0.4, 0.5) is 0 Å². The first-order valence-corrected chi connectivity index (χ1v) is 3.77. The van der Waals surface area contributed by atoms with Crippen molar-refractivity contribution >= 4 is 23.0 Å². The highest BCUT2D eigenvalue weighted by Gasteiger charge is 2.22. The average molecular weight is 157 g/mol. The maximum Gasteiger partial charge on any atom is 0.160 e. The summed E-state index contributed by atoms with van der Waals surface area (Å²) in [6.07, 6.45) is 2.08. The summed E-state index contributed by atoms with van der Waals surface area (Å²) < 4.78 is 5.31. The van der Waals surface area contributed by atoms with Crippen LogP contribution >= 0.6 is 12.2 Å². The minimum atomic E-state index is 0.164. The van der Waals surface area contributed by atoms with Gasteiger partial charge < -0.3 is 4.74 Å². The molecule has 0 aliphatic carbocycles. The molecule has 2 nitrogen and oxygen atoms in total. The van der Waals surface area contributed by atoms with Gasteiger partial charge in [0.05, 0.1) is 0 Å². The van der Waals surface area contributed by atoms with Crippen molar-refractivity contribution in [3.63, 3.8) is 0 Å². The molecule has 1 saturated heterocycles. The van der Waals surface area contributed by atoms with E-state index in [0.29, 0.717) is 0 Å². The second-order valence-electron chi connectivity index (χ2n) is 2.38. The summed E-state index contributed by atoms with van der Waals surface area (Å²) in [6.45, 7) is 1.97. The van der Waals surface area contributed by atoms with Gasteiger partial charge in [0.25, 0.3) is 0 Å². The number of hydrogen-bond acceptors (Lipinski definition) is 3. The average Bonchev–Trinajstić information content (AvgIpc) is 2.34. The van der Waals surface area contributed by atoms with E-state index in [9.17, 15) is 0 Å². The molecule has 1 fully saturated rings. The first-order valence-electron chi connectivity index (χ1n) is 3.37. The van der Waals surface area contributed by atoms with E-state index in [-0.39, 0.29) is 6.10 Å². The SMILES string of the molecule is CN=C(C)C1CCC(=S)O1. The second-order valence-corrected chi connectivity index (χ2v) is 2.84. The number of nitrogens with zero attached hydrogens (tertiary/aromatic N) is 1. The Labute approximate surface area is 66.3 Å². The molecule has 0 aromatic rings. The van der Waals surface area contributed by atoms with Gasteiger partial charge in [0.1, 0.15) is 6.10 Å². The van der Waals surface area contributed by atoms with Crippen molar-refractivity contribution in [3.8, 4) is 0 Å². The van der Waals surface area contributed by atoms with Crippen molar-refractivity contribution in [2.24, 2.45) is 4.99 Å². The third-order valence-electron chi connectivity index (χ3n) is 1.70. The predicted molar refractivity (Wildman–Crippen MR) is 45.7 cm³/mol. The molecule has 0 radical (unpaired) electrons. The fourth-order valence-corrected chi connectivity index (χ4v) is 1.20. The molecule has 1 aliphatic rings. The normalized spacial score (nSPS) is 26.8. The van der Waals surface area contributed by atoms with Crippen LogP contribution in [0.25, 0.3) is 0 Å². The number of aliphatic imine (C=N–C) groups is 1. The third-order valence-corrected chi connectivity index (χ3v) is 2.00. The molecular weight excluding hydrogens is 146 g/mol. The van der Waals surface area contributed by atoms with Crippen molar-refractivity contribution < 1.29 is 4.74 Å². The van der Waals surface area contributed by atoms with E-state index in [4.69, 9.17) is 17.0 Å². The van der Waals surface area contributed by atoms with Crippen LogP contribution in [0.2, 0.25) is 0 Å². The molecule has 3 heteroatoms. The Bertz CT molecular complexity index is 176. The Morgan fingerprint density at radius 1 is 1.80 bits per heavy atom. The van der Waals surface area contributed by atoms with Crippen LogP contribution in [-0.4, -0.2) is 23.9 Å². The number of thiocarbonyl (C=S) groups is 1. The second kappa shape index (κ2) is 3.10. The van der Waals surface area contributed by atoms with Gasteiger partial charge in [-0.15, -0.1) is 0 Å². The largest absolute Gasteiger partial charge is 0.478 e. The summed E-state index contributed by atoms with van der Waals surface area (Å²) in [5, 5.41) is 0.730. The van der Waals surface area contributed by atoms with Crippen molar-refractivity contribution in [2.45, 2.75) is 25.9 Å². The molecule has 1 unspecified atom stereocenters. The predicted octanol–water partition coefficient (Wildman–Crippen LogP) is 1.58. The standard InChI is InChI=1S/C7H11NOS/c1-5(8-2)6-3-4-7(10)9-6/h6H,3-4H2,1-2H3. The monoisotopic (exact) mass is 157 g/mol. The Hall–Kier alpha value is -0.440. The molecule has 0 aromatic carbocycles. The first kappa shape index (κ1) is 7.66. The molecule has 1 rings (SSSR count). The Morgan fingerprint density at radius 3 is 2.90 bits per heavy atom. The molecule has 0 saturated carbocycles. The van der Waals surface area contributed by atoms with E-state index in [1.54, 1.807) is 7.05 Å². The van der Waals surface area contributed by atoms with Gasteiger partial charge in [-0.2, -0.15) is 0 Å². The van der Waals surface area contributed by atoms with Gasteiger partial charge in [-0.05, 0) is 25.6 Å². The molecule has 0 amide bonds. The van der Waals surface area contributed by atoms with Gasteiger partial charge >= 0.3 is 0 Å². The maximum atomic E-state index is 5.31. The lowest BCUT2D eigenvalue weighted by molar-refractivity contribution is 0.293. The zero-order valence-corrected chi connectivity index (χ0v) is 7.07. The number of ether oxygens (including phenoxy) is 1.